The van der Waals surface area contributed by atoms with Crippen molar-refractivity contribution in [2.24, 2.45) is 0 Å². The van der Waals surface area contributed by atoms with Gasteiger partial charge in [0.15, 0.2) is 0 Å². The molecule has 1 saturated heterocycles. The molecule has 0 aromatic rings. The van der Waals surface area contributed by atoms with Crippen molar-refractivity contribution >= 4 is 0 Å². The molecule has 0 aromatic carbocycles. The second-order valence-electron chi connectivity index (χ2n) is 4.05. The number of hydrogen-bond donors (Lipinski definition) is 2. The van der Waals surface area contributed by atoms with E-state index < -0.39 is 6.10 Å². The smallest absolute Gasteiger partial charge is 0.0897 e. The molecule has 0 radical (unpaired) electrons. The molecular weight excluding hydrogens is 182 g/mol. The second-order valence-corrected chi connectivity index (χ2v) is 4.05. The molecule has 2 atom stereocenters. The molecule has 4 heteroatoms. The number of hydrogen-bond acceptors (Lipinski definition) is 4. The van der Waals surface area contributed by atoms with E-state index in [1.165, 1.54) is 12.8 Å². The quantitative estimate of drug-likeness (QED) is 0.652. The molecule has 14 heavy (non-hydrogen) atoms. The highest BCUT2D eigenvalue weighted by atomic mass is 16.5. The Hall–Kier alpha value is -0.160. The van der Waals surface area contributed by atoms with Crippen LogP contribution in [-0.4, -0.2) is 60.7 Å². The summed E-state index contributed by atoms with van der Waals surface area (Å²) in [6.07, 6.45) is 3.18. The normalized spacial score (nSPS) is 25.3. The van der Waals surface area contributed by atoms with Crippen LogP contribution in [0.3, 0.4) is 0 Å². The lowest BCUT2D eigenvalue weighted by Gasteiger charge is -2.28. The fourth-order valence-electron chi connectivity index (χ4n) is 1.79. The molecule has 2 unspecified atom stereocenters. The predicted molar refractivity (Wildman–Crippen MR) is 54.2 cm³/mol. The van der Waals surface area contributed by atoms with Crippen LogP contribution in [0.5, 0.6) is 0 Å². The van der Waals surface area contributed by atoms with Gasteiger partial charge < -0.3 is 19.8 Å². The van der Waals surface area contributed by atoms with E-state index in [4.69, 9.17) is 9.84 Å². The van der Waals surface area contributed by atoms with Gasteiger partial charge in [0.05, 0.1) is 18.8 Å². The van der Waals surface area contributed by atoms with E-state index in [1.807, 2.05) is 11.9 Å². The van der Waals surface area contributed by atoms with Crippen LogP contribution in [0.15, 0.2) is 0 Å². The van der Waals surface area contributed by atoms with Crippen LogP contribution in [0.4, 0.5) is 0 Å². The van der Waals surface area contributed by atoms with Crippen LogP contribution < -0.4 is 0 Å². The molecule has 0 aromatic heterocycles. The standard InChI is InChI=1S/C10H21NO3/c1-11(6-9(13)8-12)7-10-4-2-3-5-14-10/h9-10,12-13H,2-8H2,1H3. The van der Waals surface area contributed by atoms with Crippen molar-refractivity contribution in [1.82, 2.24) is 4.90 Å². The molecule has 0 saturated carbocycles. The Kier molecular flexibility index (Phi) is 5.40. The Balaban J connectivity index is 2.14. The maximum atomic E-state index is 9.23. The van der Waals surface area contributed by atoms with E-state index in [2.05, 4.69) is 0 Å². The molecule has 1 fully saturated rings. The van der Waals surface area contributed by atoms with Gasteiger partial charge in [-0.3, -0.25) is 0 Å². The average Bonchev–Trinajstić information content (AvgIpc) is 2.19. The van der Waals surface area contributed by atoms with Gasteiger partial charge in [-0.1, -0.05) is 0 Å². The maximum Gasteiger partial charge on any atom is 0.0897 e. The maximum absolute atomic E-state index is 9.23. The third kappa shape index (κ3) is 4.37. The highest BCUT2D eigenvalue weighted by Gasteiger charge is 2.16. The van der Waals surface area contributed by atoms with Gasteiger partial charge >= 0.3 is 0 Å². The van der Waals surface area contributed by atoms with E-state index >= 15 is 0 Å². The third-order valence-corrected chi connectivity index (χ3v) is 2.52. The van der Waals surface area contributed by atoms with Gasteiger partial charge in [0.1, 0.15) is 0 Å². The summed E-state index contributed by atoms with van der Waals surface area (Å²) < 4.78 is 5.58. The minimum Gasteiger partial charge on any atom is -0.394 e. The van der Waals surface area contributed by atoms with Crippen LogP contribution in [0.1, 0.15) is 19.3 Å². The Morgan fingerprint density at radius 1 is 1.50 bits per heavy atom. The summed E-state index contributed by atoms with van der Waals surface area (Å²) >= 11 is 0. The van der Waals surface area contributed by atoms with Crippen molar-refractivity contribution in [3.63, 3.8) is 0 Å². The zero-order valence-corrected chi connectivity index (χ0v) is 8.85. The highest BCUT2D eigenvalue weighted by Crippen LogP contribution is 2.13. The Bertz CT molecular complexity index is 148. The number of aliphatic hydroxyl groups excluding tert-OH is 2. The molecule has 4 nitrogen and oxygen atoms in total. The van der Waals surface area contributed by atoms with Crippen molar-refractivity contribution in [2.75, 3.05) is 33.4 Å². The van der Waals surface area contributed by atoms with Gasteiger partial charge in [-0.2, -0.15) is 0 Å². The van der Waals surface area contributed by atoms with Crippen molar-refractivity contribution < 1.29 is 14.9 Å². The zero-order chi connectivity index (χ0) is 10.4. The van der Waals surface area contributed by atoms with Gasteiger partial charge in [0.25, 0.3) is 0 Å². The van der Waals surface area contributed by atoms with Crippen molar-refractivity contribution in [1.29, 1.82) is 0 Å². The van der Waals surface area contributed by atoms with Crippen LogP contribution in [-0.2, 0) is 4.74 Å². The van der Waals surface area contributed by atoms with Gasteiger partial charge in [-0.25, -0.2) is 0 Å². The van der Waals surface area contributed by atoms with Crippen LogP contribution in [0.2, 0.25) is 0 Å². The summed E-state index contributed by atoms with van der Waals surface area (Å²) in [4.78, 5) is 2.01. The number of rotatable bonds is 5. The minimum absolute atomic E-state index is 0.171. The molecule has 1 rings (SSSR count). The summed E-state index contributed by atoms with van der Waals surface area (Å²) in [7, 11) is 1.94. The molecular formula is C10H21NO3. The molecule has 0 amide bonds. The first-order valence-electron chi connectivity index (χ1n) is 5.31. The van der Waals surface area contributed by atoms with Crippen LogP contribution in [0.25, 0.3) is 0 Å². The largest absolute Gasteiger partial charge is 0.394 e. The Morgan fingerprint density at radius 3 is 2.86 bits per heavy atom. The molecule has 0 bridgehead atoms. The van der Waals surface area contributed by atoms with E-state index in [0.29, 0.717) is 12.6 Å². The molecule has 84 valence electrons. The third-order valence-electron chi connectivity index (χ3n) is 2.52. The first-order valence-corrected chi connectivity index (χ1v) is 5.31. The zero-order valence-electron chi connectivity index (χ0n) is 8.85. The lowest BCUT2D eigenvalue weighted by molar-refractivity contribution is -0.0119. The number of likely N-dealkylation sites (N-methyl/N-ethyl adjacent to an activating group) is 1. The minimum atomic E-state index is -0.636. The number of aliphatic hydroxyl groups is 2. The number of ether oxygens (including phenoxy) is 1. The van der Waals surface area contributed by atoms with E-state index in [9.17, 15) is 5.11 Å². The molecule has 0 spiro atoms. The summed E-state index contributed by atoms with van der Waals surface area (Å²) in [5.74, 6) is 0. The monoisotopic (exact) mass is 203 g/mol. The first kappa shape index (κ1) is 11.9. The van der Waals surface area contributed by atoms with Gasteiger partial charge in [-0.05, 0) is 26.3 Å². The average molecular weight is 203 g/mol. The molecule has 1 heterocycles. The van der Waals surface area contributed by atoms with Crippen molar-refractivity contribution in [3.8, 4) is 0 Å². The Labute approximate surface area is 85.5 Å². The molecule has 1 aliphatic rings. The van der Waals surface area contributed by atoms with Crippen molar-refractivity contribution in [3.05, 3.63) is 0 Å². The Morgan fingerprint density at radius 2 is 2.29 bits per heavy atom. The summed E-state index contributed by atoms with van der Waals surface area (Å²) in [6.45, 7) is 2.05. The lowest BCUT2D eigenvalue weighted by atomic mass is 10.1. The van der Waals surface area contributed by atoms with E-state index in [1.54, 1.807) is 0 Å². The summed E-state index contributed by atoms with van der Waals surface area (Å²) in [6, 6.07) is 0. The first-order chi connectivity index (χ1) is 6.72. The lowest BCUT2D eigenvalue weighted by Crippen LogP contribution is -2.38. The molecule has 0 aliphatic carbocycles. The van der Waals surface area contributed by atoms with E-state index in [0.717, 1.165) is 19.6 Å². The SMILES string of the molecule is CN(CC(O)CO)CC1CCCCO1. The summed E-state index contributed by atoms with van der Waals surface area (Å²) in [5, 5.41) is 17.9. The van der Waals surface area contributed by atoms with Gasteiger partial charge in [0, 0.05) is 19.7 Å². The number of nitrogens with zero attached hydrogens (tertiary/aromatic N) is 1. The fraction of sp³-hybridized carbons (Fsp3) is 1.00. The van der Waals surface area contributed by atoms with Crippen LogP contribution >= 0.6 is 0 Å². The second kappa shape index (κ2) is 6.35. The van der Waals surface area contributed by atoms with Gasteiger partial charge in [-0.15, -0.1) is 0 Å². The predicted octanol–water partition coefficient (Wildman–Crippen LogP) is -0.160. The molecule has 1 aliphatic heterocycles. The van der Waals surface area contributed by atoms with Gasteiger partial charge in [0.2, 0.25) is 0 Å². The highest BCUT2D eigenvalue weighted by molar-refractivity contribution is 4.69. The molecule has 2 N–H and O–H groups in total. The summed E-state index contributed by atoms with van der Waals surface area (Å²) in [5.41, 5.74) is 0. The van der Waals surface area contributed by atoms with Crippen LogP contribution in [0, 0.1) is 0 Å². The topological polar surface area (TPSA) is 52.9 Å². The van der Waals surface area contributed by atoms with Crippen molar-refractivity contribution in [2.45, 2.75) is 31.5 Å². The van der Waals surface area contributed by atoms with E-state index in [-0.39, 0.29) is 6.61 Å². The fourth-order valence-corrected chi connectivity index (χ4v) is 1.79.